The molecule has 148 valence electrons. The van der Waals surface area contributed by atoms with E-state index in [9.17, 15) is 0 Å². The van der Waals surface area contributed by atoms with Crippen molar-refractivity contribution in [3.63, 3.8) is 0 Å². The van der Waals surface area contributed by atoms with Crippen LogP contribution in [0.4, 0.5) is 0 Å². The second-order valence-electron chi connectivity index (χ2n) is 7.71. The van der Waals surface area contributed by atoms with E-state index in [-0.39, 0.29) is 0 Å². The smallest absolute Gasteiger partial charge is 0.152 e. The zero-order chi connectivity index (χ0) is 18.6. The lowest BCUT2D eigenvalue weighted by Crippen LogP contribution is -2.43. The van der Waals surface area contributed by atoms with Crippen molar-refractivity contribution in [2.45, 2.75) is 32.2 Å². The molecular formula is C19H31N7O. The maximum atomic E-state index is 5.43. The molecule has 2 aliphatic rings. The fourth-order valence-electron chi connectivity index (χ4n) is 4.11. The van der Waals surface area contributed by atoms with Gasteiger partial charge in [-0.25, -0.2) is 4.98 Å². The number of imidazole rings is 1. The van der Waals surface area contributed by atoms with Gasteiger partial charge in [-0.1, -0.05) is 0 Å². The number of hydrogen-bond acceptors (Lipinski definition) is 6. The average Bonchev–Trinajstić information content (AvgIpc) is 3.28. The molecule has 27 heavy (non-hydrogen) atoms. The maximum absolute atomic E-state index is 5.43. The van der Waals surface area contributed by atoms with Crippen molar-refractivity contribution >= 4 is 0 Å². The highest BCUT2D eigenvalue weighted by Gasteiger charge is 2.25. The van der Waals surface area contributed by atoms with Gasteiger partial charge < -0.3 is 18.8 Å². The second-order valence-corrected chi connectivity index (χ2v) is 7.71. The minimum atomic E-state index is 0.514. The van der Waals surface area contributed by atoms with E-state index in [2.05, 4.69) is 41.2 Å². The predicted octanol–water partition coefficient (Wildman–Crippen LogP) is 0.880. The lowest BCUT2D eigenvalue weighted by atomic mass is 9.96. The first kappa shape index (κ1) is 18.6. The van der Waals surface area contributed by atoms with Crippen molar-refractivity contribution in [1.82, 2.24) is 34.1 Å². The molecule has 8 heteroatoms. The molecule has 0 radical (unpaired) electrons. The van der Waals surface area contributed by atoms with E-state index in [1.54, 1.807) is 0 Å². The standard InChI is InChI=1S/C19H31N7O/c1-16-20-5-8-26(16)15-18-21-22-19(23(18)2)17-3-6-24(7-4-17)9-10-25-11-13-27-14-12-25/h5,8,17H,3-4,6-7,9-15H2,1-2H3. The largest absolute Gasteiger partial charge is 0.379 e. The Morgan fingerprint density at radius 1 is 1.04 bits per heavy atom. The number of nitrogens with zero attached hydrogens (tertiary/aromatic N) is 7. The molecule has 4 heterocycles. The van der Waals surface area contributed by atoms with Crippen LogP contribution in [0, 0.1) is 6.92 Å². The number of ether oxygens (including phenoxy) is 1. The zero-order valence-electron chi connectivity index (χ0n) is 16.5. The van der Waals surface area contributed by atoms with Crippen molar-refractivity contribution in [2.75, 3.05) is 52.5 Å². The predicted molar refractivity (Wildman–Crippen MR) is 103 cm³/mol. The molecule has 2 saturated heterocycles. The molecule has 2 aliphatic heterocycles. The van der Waals surface area contributed by atoms with Crippen LogP contribution in [-0.2, 0) is 18.3 Å². The van der Waals surface area contributed by atoms with Gasteiger partial charge in [0, 0.05) is 51.5 Å². The Morgan fingerprint density at radius 2 is 1.74 bits per heavy atom. The van der Waals surface area contributed by atoms with E-state index >= 15 is 0 Å². The summed E-state index contributed by atoms with van der Waals surface area (Å²) in [6.45, 7) is 11.3. The fourth-order valence-corrected chi connectivity index (χ4v) is 4.11. The van der Waals surface area contributed by atoms with Gasteiger partial charge in [0.25, 0.3) is 0 Å². The van der Waals surface area contributed by atoms with E-state index < -0.39 is 0 Å². The number of hydrogen-bond donors (Lipinski definition) is 0. The van der Waals surface area contributed by atoms with E-state index in [1.807, 2.05) is 19.3 Å². The minimum Gasteiger partial charge on any atom is -0.379 e. The third-order valence-electron chi connectivity index (χ3n) is 6.02. The summed E-state index contributed by atoms with van der Waals surface area (Å²) in [7, 11) is 2.10. The van der Waals surface area contributed by atoms with Crippen molar-refractivity contribution in [3.8, 4) is 0 Å². The van der Waals surface area contributed by atoms with E-state index in [4.69, 9.17) is 4.74 Å². The number of rotatable bonds is 6. The molecule has 0 saturated carbocycles. The number of piperidine rings is 1. The molecule has 4 rings (SSSR count). The number of likely N-dealkylation sites (tertiary alicyclic amines) is 1. The monoisotopic (exact) mass is 373 g/mol. The van der Waals surface area contributed by atoms with Crippen LogP contribution in [0.5, 0.6) is 0 Å². The van der Waals surface area contributed by atoms with Crippen molar-refractivity contribution < 1.29 is 4.74 Å². The summed E-state index contributed by atoms with van der Waals surface area (Å²) in [5, 5.41) is 8.99. The lowest BCUT2D eigenvalue weighted by molar-refractivity contribution is 0.0320. The molecule has 0 amide bonds. The molecule has 8 nitrogen and oxygen atoms in total. The number of morpholine rings is 1. The third-order valence-corrected chi connectivity index (χ3v) is 6.02. The SMILES string of the molecule is Cc1nccn1Cc1nnc(C2CCN(CCN3CCOCC3)CC2)n1C. The van der Waals surface area contributed by atoms with Crippen LogP contribution in [0.25, 0.3) is 0 Å². The van der Waals surface area contributed by atoms with Crippen LogP contribution in [-0.4, -0.2) is 86.6 Å². The van der Waals surface area contributed by atoms with Crippen LogP contribution < -0.4 is 0 Å². The Balaban J connectivity index is 1.28. The Morgan fingerprint density at radius 3 is 2.41 bits per heavy atom. The summed E-state index contributed by atoms with van der Waals surface area (Å²) < 4.78 is 9.73. The van der Waals surface area contributed by atoms with E-state index in [0.29, 0.717) is 5.92 Å². The molecule has 0 bridgehead atoms. The van der Waals surface area contributed by atoms with Gasteiger partial charge in [-0.3, -0.25) is 4.90 Å². The van der Waals surface area contributed by atoms with Crippen LogP contribution >= 0.6 is 0 Å². The molecule has 0 spiro atoms. The molecule has 0 aromatic carbocycles. The van der Waals surface area contributed by atoms with Gasteiger partial charge >= 0.3 is 0 Å². The molecule has 2 fully saturated rings. The third kappa shape index (κ3) is 4.39. The van der Waals surface area contributed by atoms with Crippen LogP contribution in [0.3, 0.4) is 0 Å². The van der Waals surface area contributed by atoms with Crippen LogP contribution in [0.15, 0.2) is 12.4 Å². The summed E-state index contributed by atoms with van der Waals surface area (Å²) >= 11 is 0. The highest BCUT2D eigenvalue weighted by atomic mass is 16.5. The number of aromatic nitrogens is 5. The van der Waals surface area contributed by atoms with Gasteiger partial charge in [0.2, 0.25) is 0 Å². The first-order valence-electron chi connectivity index (χ1n) is 10.1. The van der Waals surface area contributed by atoms with Crippen molar-refractivity contribution in [2.24, 2.45) is 7.05 Å². The topological polar surface area (TPSA) is 64.2 Å². The maximum Gasteiger partial charge on any atom is 0.152 e. The fraction of sp³-hybridized carbons (Fsp3) is 0.737. The van der Waals surface area contributed by atoms with Gasteiger partial charge in [-0.2, -0.15) is 0 Å². The normalized spacial score (nSPS) is 20.4. The average molecular weight is 374 g/mol. The molecule has 0 aliphatic carbocycles. The van der Waals surface area contributed by atoms with E-state index in [1.165, 1.54) is 12.8 Å². The van der Waals surface area contributed by atoms with Gasteiger partial charge in [-0.05, 0) is 32.9 Å². The molecule has 0 N–H and O–H groups in total. The van der Waals surface area contributed by atoms with Crippen LogP contribution in [0.1, 0.15) is 36.2 Å². The Bertz CT molecular complexity index is 726. The van der Waals surface area contributed by atoms with Gasteiger partial charge in [0.1, 0.15) is 11.6 Å². The molecule has 0 atom stereocenters. The molecule has 2 aromatic heterocycles. The molecule has 0 unspecified atom stereocenters. The van der Waals surface area contributed by atoms with Crippen molar-refractivity contribution in [1.29, 1.82) is 0 Å². The summed E-state index contributed by atoms with van der Waals surface area (Å²) in [6.07, 6.45) is 6.16. The van der Waals surface area contributed by atoms with Crippen LogP contribution in [0.2, 0.25) is 0 Å². The summed E-state index contributed by atoms with van der Waals surface area (Å²) in [4.78, 5) is 9.40. The summed E-state index contributed by atoms with van der Waals surface area (Å²) in [5.74, 6) is 3.66. The Hall–Kier alpha value is -1.77. The summed E-state index contributed by atoms with van der Waals surface area (Å²) in [6, 6.07) is 0. The molecular weight excluding hydrogens is 342 g/mol. The van der Waals surface area contributed by atoms with Crippen molar-refractivity contribution in [3.05, 3.63) is 29.9 Å². The number of aryl methyl sites for hydroxylation is 1. The quantitative estimate of drug-likeness (QED) is 0.749. The minimum absolute atomic E-state index is 0.514. The lowest BCUT2D eigenvalue weighted by Gasteiger charge is -2.34. The summed E-state index contributed by atoms with van der Waals surface area (Å²) in [5.41, 5.74) is 0. The van der Waals surface area contributed by atoms with Gasteiger partial charge in [-0.15, -0.1) is 10.2 Å². The Kier molecular flexibility index (Phi) is 5.85. The van der Waals surface area contributed by atoms with E-state index in [0.717, 1.165) is 76.5 Å². The second kappa shape index (κ2) is 8.50. The first-order chi connectivity index (χ1) is 13.2. The zero-order valence-corrected chi connectivity index (χ0v) is 16.5. The Labute approximate surface area is 161 Å². The highest BCUT2D eigenvalue weighted by Crippen LogP contribution is 2.26. The van der Waals surface area contributed by atoms with Gasteiger partial charge in [0.05, 0.1) is 19.8 Å². The molecule has 2 aromatic rings. The highest BCUT2D eigenvalue weighted by molar-refractivity contribution is 5.05. The first-order valence-corrected chi connectivity index (χ1v) is 10.1. The van der Waals surface area contributed by atoms with Gasteiger partial charge in [0.15, 0.2) is 5.82 Å².